The fourth-order valence-electron chi connectivity index (χ4n) is 1.60. The van der Waals surface area contributed by atoms with Crippen LogP contribution < -0.4 is 0 Å². The van der Waals surface area contributed by atoms with Crippen molar-refractivity contribution >= 4 is 7.85 Å². The molecule has 0 amide bonds. The van der Waals surface area contributed by atoms with E-state index in [1.807, 2.05) is 7.05 Å². The van der Waals surface area contributed by atoms with E-state index in [0.29, 0.717) is 19.4 Å². The molecular weight excluding hydrogens is 205 g/mol. The third-order valence-corrected chi connectivity index (χ3v) is 2.93. The standard InChI is InChI=1S/C11H22BNO3/c1-8(2)13(3)7-15-9-5-11(12)16-10(9)6-14-4/h8-11H,5-7H2,1-4H3. The maximum absolute atomic E-state index is 5.80. The van der Waals surface area contributed by atoms with Gasteiger partial charge < -0.3 is 14.2 Å². The van der Waals surface area contributed by atoms with E-state index < -0.39 is 0 Å². The topological polar surface area (TPSA) is 30.9 Å². The molecule has 2 radical (unpaired) electrons. The summed E-state index contributed by atoms with van der Waals surface area (Å²) < 4.78 is 16.4. The summed E-state index contributed by atoms with van der Waals surface area (Å²) in [6.45, 7) is 5.39. The Bertz CT molecular complexity index is 204. The molecule has 3 unspecified atom stereocenters. The average Bonchev–Trinajstić information content (AvgIpc) is 2.56. The maximum atomic E-state index is 5.80. The molecule has 1 fully saturated rings. The van der Waals surface area contributed by atoms with Crippen molar-refractivity contribution in [1.29, 1.82) is 0 Å². The summed E-state index contributed by atoms with van der Waals surface area (Å²) in [6.07, 6.45) is 0.733. The highest BCUT2D eigenvalue weighted by atomic mass is 16.6. The highest BCUT2D eigenvalue weighted by Crippen LogP contribution is 2.22. The number of methoxy groups -OCH3 is 1. The van der Waals surface area contributed by atoms with Gasteiger partial charge in [-0.3, -0.25) is 4.90 Å². The number of ether oxygens (including phenoxy) is 3. The van der Waals surface area contributed by atoms with Crippen LogP contribution in [0.1, 0.15) is 20.3 Å². The Labute approximate surface area is 99.6 Å². The van der Waals surface area contributed by atoms with E-state index >= 15 is 0 Å². The lowest BCUT2D eigenvalue weighted by Crippen LogP contribution is -2.35. The minimum Gasteiger partial charge on any atom is -0.382 e. The Kier molecular flexibility index (Phi) is 5.76. The lowest BCUT2D eigenvalue weighted by Gasteiger charge is -2.25. The molecule has 0 aromatic heterocycles. The Hall–Kier alpha value is -0.0951. The first-order chi connectivity index (χ1) is 7.54. The van der Waals surface area contributed by atoms with Gasteiger partial charge in [-0.1, -0.05) is 0 Å². The molecule has 0 bridgehead atoms. The molecule has 0 N–H and O–H groups in total. The van der Waals surface area contributed by atoms with Crippen molar-refractivity contribution < 1.29 is 14.2 Å². The zero-order valence-corrected chi connectivity index (χ0v) is 10.7. The maximum Gasteiger partial charge on any atom is 0.109 e. The molecule has 0 aliphatic carbocycles. The second-order valence-corrected chi connectivity index (χ2v) is 4.59. The molecule has 1 aliphatic heterocycles. The van der Waals surface area contributed by atoms with E-state index in [4.69, 9.17) is 22.1 Å². The third-order valence-electron chi connectivity index (χ3n) is 2.93. The van der Waals surface area contributed by atoms with Crippen molar-refractivity contribution in [2.24, 2.45) is 0 Å². The highest BCUT2D eigenvalue weighted by Gasteiger charge is 2.33. The molecule has 4 nitrogen and oxygen atoms in total. The van der Waals surface area contributed by atoms with Crippen molar-refractivity contribution in [3.63, 3.8) is 0 Å². The number of hydrogen-bond donors (Lipinski definition) is 0. The first-order valence-corrected chi connectivity index (χ1v) is 5.76. The van der Waals surface area contributed by atoms with Crippen LogP contribution in [0.5, 0.6) is 0 Å². The van der Waals surface area contributed by atoms with Gasteiger partial charge in [-0.2, -0.15) is 0 Å². The zero-order chi connectivity index (χ0) is 12.1. The van der Waals surface area contributed by atoms with Crippen LogP contribution in [0.2, 0.25) is 0 Å². The van der Waals surface area contributed by atoms with Crippen molar-refractivity contribution in [1.82, 2.24) is 4.90 Å². The van der Waals surface area contributed by atoms with Crippen LogP contribution in [0.25, 0.3) is 0 Å². The zero-order valence-electron chi connectivity index (χ0n) is 10.7. The van der Waals surface area contributed by atoms with Crippen LogP contribution in [0.4, 0.5) is 0 Å². The van der Waals surface area contributed by atoms with Gasteiger partial charge in [-0.05, 0) is 27.3 Å². The minimum absolute atomic E-state index is 0.0381. The molecule has 16 heavy (non-hydrogen) atoms. The Morgan fingerprint density at radius 1 is 1.50 bits per heavy atom. The number of hydrogen-bond acceptors (Lipinski definition) is 4. The van der Waals surface area contributed by atoms with E-state index in [-0.39, 0.29) is 18.2 Å². The molecule has 1 heterocycles. The molecule has 3 atom stereocenters. The summed E-state index contributed by atoms with van der Waals surface area (Å²) in [5.74, 6) is 0. The van der Waals surface area contributed by atoms with Crippen molar-refractivity contribution in [2.45, 2.75) is 44.5 Å². The van der Waals surface area contributed by atoms with Crippen LogP contribution in [-0.2, 0) is 14.2 Å². The number of nitrogens with zero attached hydrogens (tertiary/aromatic N) is 1. The third kappa shape index (κ3) is 4.05. The monoisotopic (exact) mass is 227 g/mol. The van der Waals surface area contributed by atoms with E-state index in [9.17, 15) is 0 Å². The average molecular weight is 227 g/mol. The fourth-order valence-corrected chi connectivity index (χ4v) is 1.60. The van der Waals surface area contributed by atoms with Crippen molar-refractivity contribution in [3.05, 3.63) is 0 Å². The van der Waals surface area contributed by atoms with E-state index in [1.165, 1.54) is 0 Å². The SMILES string of the molecule is [B]C1CC(OCN(C)C(C)C)C(COC)O1. The molecule has 1 aliphatic rings. The molecular formula is C11H22BNO3. The molecule has 0 spiro atoms. The Morgan fingerprint density at radius 2 is 2.19 bits per heavy atom. The van der Waals surface area contributed by atoms with Crippen LogP contribution in [0, 0.1) is 0 Å². The predicted molar refractivity (Wildman–Crippen MR) is 63.5 cm³/mol. The van der Waals surface area contributed by atoms with Gasteiger partial charge in [-0.25, -0.2) is 0 Å². The van der Waals surface area contributed by atoms with Gasteiger partial charge in [0.15, 0.2) is 0 Å². The fraction of sp³-hybridized carbons (Fsp3) is 1.00. The summed E-state index contributed by atoms with van der Waals surface area (Å²) in [7, 11) is 9.43. The van der Waals surface area contributed by atoms with Gasteiger partial charge in [0.25, 0.3) is 0 Å². The largest absolute Gasteiger partial charge is 0.382 e. The van der Waals surface area contributed by atoms with Crippen molar-refractivity contribution in [3.8, 4) is 0 Å². The van der Waals surface area contributed by atoms with Crippen molar-refractivity contribution in [2.75, 3.05) is 27.5 Å². The van der Waals surface area contributed by atoms with E-state index in [1.54, 1.807) is 7.11 Å². The van der Waals surface area contributed by atoms with Gasteiger partial charge >= 0.3 is 0 Å². The highest BCUT2D eigenvalue weighted by molar-refractivity contribution is 6.11. The Balaban J connectivity index is 2.34. The van der Waals surface area contributed by atoms with Crippen LogP contribution in [-0.4, -0.2) is 64.5 Å². The molecule has 1 saturated heterocycles. The smallest absolute Gasteiger partial charge is 0.109 e. The second-order valence-electron chi connectivity index (χ2n) is 4.59. The van der Waals surface area contributed by atoms with Crippen LogP contribution in [0.3, 0.4) is 0 Å². The van der Waals surface area contributed by atoms with Gasteiger partial charge in [0.05, 0.1) is 19.4 Å². The molecule has 1 rings (SSSR count). The van der Waals surface area contributed by atoms with Gasteiger partial charge in [-0.15, -0.1) is 0 Å². The summed E-state index contributed by atoms with van der Waals surface area (Å²) in [4.78, 5) is 2.13. The predicted octanol–water partition coefficient (Wildman–Crippen LogP) is 0.599. The molecule has 0 aromatic rings. The van der Waals surface area contributed by atoms with Gasteiger partial charge in [0.1, 0.15) is 14.0 Å². The lowest BCUT2D eigenvalue weighted by molar-refractivity contribution is -0.0758. The summed E-state index contributed by atoms with van der Waals surface area (Å²) in [5, 5.41) is 0. The van der Waals surface area contributed by atoms with Crippen LogP contribution >= 0.6 is 0 Å². The molecule has 5 heteroatoms. The second kappa shape index (κ2) is 6.59. The molecule has 0 saturated carbocycles. The first-order valence-electron chi connectivity index (χ1n) is 5.76. The molecule has 0 aromatic carbocycles. The molecule has 92 valence electrons. The van der Waals surface area contributed by atoms with E-state index in [2.05, 4.69) is 18.7 Å². The van der Waals surface area contributed by atoms with E-state index in [0.717, 1.165) is 6.42 Å². The number of rotatable bonds is 6. The minimum atomic E-state index is -0.227. The van der Waals surface area contributed by atoms with Crippen LogP contribution in [0.15, 0.2) is 0 Å². The van der Waals surface area contributed by atoms with Gasteiger partial charge in [0, 0.05) is 19.2 Å². The summed E-state index contributed by atoms with van der Waals surface area (Å²) in [6, 6.07) is 0.242. The van der Waals surface area contributed by atoms with Gasteiger partial charge in [0.2, 0.25) is 0 Å². The quantitative estimate of drug-likeness (QED) is 0.491. The Morgan fingerprint density at radius 3 is 2.75 bits per heavy atom. The summed E-state index contributed by atoms with van der Waals surface area (Å²) >= 11 is 0. The normalized spacial score (nSPS) is 30.5. The lowest BCUT2D eigenvalue weighted by atomic mass is 9.96. The summed E-state index contributed by atoms with van der Waals surface area (Å²) in [5.41, 5.74) is 0. The first kappa shape index (κ1) is 14.0.